The maximum absolute atomic E-state index is 12.7. The fraction of sp³-hybridized carbons (Fsp3) is 0.538. The molecular weight excluding hydrogens is 284 g/mol. The molecule has 4 nitrogen and oxygen atoms in total. The summed E-state index contributed by atoms with van der Waals surface area (Å²) in [5, 5.41) is 8.88. The summed E-state index contributed by atoms with van der Waals surface area (Å²) in [7, 11) is -0.850. The molecule has 0 spiro atoms. The van der Waals surface area contributed by atoms with Crippen LogP contribution in [0.15, 0.2) is 12.3 Å². The zero-order valence-electron chi connectivity index (χ0n) is 12.1. The van der Waals surface area contributed by atoms with E-state index in [4.69, 9.17) is 14.6 Å². The van der Waals surface area contributed by atoms with Crippen LogP contribution in [0.2, 0.25) is 0 Å². The maximum Gasteiger partial charge on any atom is 0.496 e. The molecule has 0 aromatic carbocycles. The number of nitrogens with zero attached hydrogens (tertiary/aromatic N) is 2. The van der Waals surface area contributed by atoms with E-state index in [1.165, 1.54) is 6.07 Å². The van der Waals surface area contributed by atoms with Gasteiger partial charge in [-0.25, -0.2) is 0 Å². The van der Waals surface area contributed by atoms with Gasteiger partial charge in [0.2, 0.25) is 0 Å². The molecule has 0 radical (unpaired) electrons. The Bertz CT molecular complexity index is 592. The van der Waals surface area contributed by atoms with Gasteiger partial charge in [-0.1, -0.05) is 0 Å². The van der Waals surface area contributed by atoms with E-state index >= 15 is 0 Å². The Kier molecular flexibility index (Phi) is 3.55. The van der Waals surface area contributed by atoms with Gasteiger partial charge in [-0.2, -0.15) is 18.4 Å². The number of rotatable bonds is 1. The van der Waals surface area contributed by atoms with Gasteiger partial charge in [0.15, 0.2) is 5.69 Å². The molecule has 0 N–H and O–H groups in total. The minimum atomic E-state index is -4.67. The average molecular weight is 298 g/mol. The lowest BCUT2D eigenvalue weighted by molar-refractivity contribution is -0.141. The zero-order chi connectivity index (χ0) is 16.1. The predicted molar refractivity (Wildman–Crippen MR) is 69.7 cm³/mol. The highest BCUT2D eigenvalue weighted by Gasteiger charge is 2.52. The first-order valence-corrected chi connectivity index (χ1v) is 6.31. The van der Waals surface area contributed by atoms with Crippen molar-refractivity contribution in [1.29, 1.82) is 5.26 Å². The van der Waals surface area contributed by atoms with Gasteiger partial charge in [-0.3, -0.25) is 4.98 Å². The molecule has 0 bridgehead atoms. The van der Waals surface area contributed by atoms with Crippen molar-refractivity contribution in [2.75, 3.05) is 0 Å². The van der Waals surface area contributed by atoms with E-state index in [1.807, 2.05) is 27.7 Å². The lowest BCUT2D eigenvalue weighted by Gasteiger charge is -2.32. The summed E-state index contributed by atoms with van der Waals surface area (Å²) in [5.41, 5.74) is -2.70. The highest BCUT2D eigenvalue weighted by molar-refractivity contribution is 6.62. The molecule has 21 heavy (non-hydrogen) atoms. The number of nitriles is 1. The van der Waals surface area contributed by atoms with Crippen molar-refractivity contribution in [1.82, 2.24) is 4.98 Å². The molecule has 0 atom stereocenters. The van der Waals surface area contributed by atoms with Crippen molar-refractivity contribution in [2.45, 2.75) is 45.1 Å². The summed E-state index contributed by atoms with van der Waals surface area (Å²) >= 11 is 0. The first kappa shape index (κ1) is 15.8. The van der Waals surface area contributed by atoms with Crippen LogP contribution in [0.3, 0.4) is 0 Å². The van der Waals surface area contributed by atoms with Gasteiger partial charge >= 0.3 is 13.3 Å². The summed E-state index contributed by atoms with van der Waals surface area (Å²) in [6.07, 6.45) is -3.63. The van der Waals surface area contributed by atoms with E-state index in [0.29, 0.717) is 5.46 Å². The van der Waals surface area contributed by atoms with Crippen molar-refractivity contribution < 1.29 is 22.5 Å². The molecule has 8 heteroatoms. The Morgan fingerprint density at radius 2 is 1.71 bits per heavy atom. The Balaban J connectivity index is 2.39. The number of halogens is 3. The molecule has 2 rings (SSSR count). The summed E-state index contributed by atoms with van der Waals surface area (Å²) in [4.78, 5) is 3.35. The standard InChI is InChI=1S/C13H14BF3N2O2/c1-11(2)12(3,4)21-14(20-11)9-5-8(6-18)10(19-7-9)13(15,16)17/h5,7H,1-4H3. The van der Waals surface area contributed by atoms with Gasteiger partial charge in [-0.05, 0) is 33.8 Å². The third-order valence-electron chi connectivity index (χ3n) is 3.82. The lowest BCUT2D eigenvalue weighted by atomic mass is 9.79. The van der Waals surface area contributed by atoms with Crippen LogP contribution in [-0.2, 0) is 15.5 Å². The fourth-order valence-electron chi connectivity index (χ4n) is 1.90. The second-order valence-corrected chi connectivity index (χ2v) is 5.86. The molecule has 112 valence electrons. The quantitative estimate of drug-likeness (QED) is 0.746. The normalized spacial score (nSPS) is 20.4. The van der Waals surface area contributed by atoms with Gasteiger partial charge in [0, 0.05) is 11.7 Å². The molecule has 1 aliphatic heterocycles. The van der Waals surface area contributed by atoms with Gasteiger partial charge in [0.25, 0.3) is 0 Å². The van der Waals surface area contributed by atoms with E-state index in [9.17, 15) is 13.2 Å². The van der Waals surface area contributed by atoms with Crippen molar-refractivity contribution in [3.05, 3.63) is 23.5 Å². The minimum absolute atomic E-state index is 0.290. The van der Waals surface area contributed by atoms with Gasteiger partial charge in [0.1, 0.15) is 6.07 Å². The second kappa shape index (κ2) is 4.72. The average Bonchev–Trinajstić information content (AvgIpc) is 2.56. The molecule has 0 saturated carbocycles. The number of alkyl halides is 3. The van der Waals surface area contributed by atoms with Gasteiger partial charge in [-0.15, -0.1) is 0 Å². The molecule has 1 fully saturated rings. The van der Waals surface area contributed by atoms with Crippen LogP contribution in [0, 0.1) is 11.3 Å². The summed E-state index contributed by atoms with van der Waals surface area (Å²) in [5.74, 6) is 0. The van der Waals surface area contributed by atoms with Crippen molar-refractivity contribution >= 4 is 12.6 Å². The Labute approximate surface area is 121 Å². The summed E-state index contributed by atoms with van der Waals surface area (Å²) in [6.45, 7) is 7.32. The van der Waals surface area contributed by atoms with Crippen LogP contribution in [0.5, 0.6) is 0 Å². The van der Waals surface area contributed by atoms with Crippen LogP contribution >= 0.6 is 0 Å². The number of hydrogen-bond acceptors (Lipinski definition) is 4. The number of hydrogen-bond donors (Lipinski definition) is 0. The lowest BCUT2D eigenvalue weighted by Crippen LogP contribution is -2.41. The van der Waals surface area contributed by atoms with E-state index in [1.54, 1.807) is 0 Å². The van der Waals surface area contributed by atoms with Crippen LogP contribution in [0.4, 0.5) is 13.2 Å². The van der Waals surface area contributed by atoms with Gasteiger partial charge in [0.05, 0.1) is 16.8 Å². The SMILES string of the molecule is CC1(C)OB(c2cnc(C(F)(F)F)c(C#N)c2)OC1(C)C. The smallest absolute Gasteiger partial charge is 0.399 e. The summed E-state index contributed by atoms with van der Waals surface area (Å²) in [6, 6.07) is 2.62. The second-order valence-electron chi connectivity index (χ2n) is 5.86. The first-order chi connectivity index (χ1) is 9.48. The van der Waals surface area contributed by atoms with E-state index in [2.05, 4.69) is 4.98 Å². The first-order valence-electron chi connectivity index (χ1n) is 6.31. The van der Waals surface area contributed by atoms with Crippen LogP contribution < -0.4 is 5.46 Å². The molecule has 0 unspecified atom stereocenters. The molecule has 0 amide bonds. The molecular formula is C13H14BF3N2O2. The van der Waals surface area contributed by atoms with Crippen molar-refractivity contribution in [2.24, 2.45) is 0 Å². The number of pyridine rings is 1. The van der Waals surface area contributed by atoms with Crippen LogP contribution in [-0.4, -0.2) is 23.3 Å². The molecule has 1 aromatic rings. The molecule has 2 heterocycles. The van der Waals surface area contributed by atoms with E-state index < -0.39 is 35.8 Å². The van der Waals surface area contributed by atoms with E-state index in [-0.39, 0.29) is 0 Å². The van der Waals surface area contributed by atoms with Crippen LogP contribution in [0.1, 0.15) is 39.0 Å². The Hall–Kier alpha value is -1.59. The third kappa shape index (κ3) is 2.76. The van der Waals surface area contributed by atoms with Crippen molar-refractivity contribution in [3.63, 3.8) is 0 Å². The largest absolute Gasteiger partial charge is 0.496 e. The molecule has 1 saturated heterocycles. The molecule has 1 aliphatic rings. The highest BCUT2D eigenvalue weighted by atomic mass is 19.4. The van der Waals surface area contributed by atoms with Gasteiger partial charge < -0.3 is 9.31 Å². The summed E-state index contributed by atoms with van der Waals surface area (Å²) < 4.78 is 49.6. The third-order valence-corrected chi connectivity index (χ3v) is 3.82. The Morgan fingerprint density at radius 3 is 2.14 bits per heavy atom. The fourth-order valence-corrected chi connectivity index (χ4v) is 1.90. The highest BCUT2D eigenvalue weighted by Crippen LogP contribution is 2.36. The van der Waals surface area contributed by atoms with Crippen molar-refractivity contribution in [3.8, 4) is 6.07 Å². The topological polar surface area (TPSA) is 55.1 Å². The Morgan fingerprint density at radius 1 is 1.19 bits per heavy atom. The zero-order valence-corrected chi connectivity index (χ0v) is 12.1. The monoisotopic (exact) mass is 298 g/mol. The van der Waals surface area contributed by atoms with E-state index in [0.717, 1.165) is 12.3 Å². The predicted octanol–water partition coefficient (Wildman–Crippen LogP) is 2.27. The molecule has 0 aliphatic carbocycles. The minimum Gasteiger partial charge on any atom is -0.399 e. The van der Waals surface area contributed by atoms with Crippen LogP contribution in [0.25, 0.3) is 0 Å². The maximum atomic E-state index is 12.7. The number of aromatic nitrogens is 1. The molecule has 1 aromatic heterocycles.